The molecule has 2 unspecified atom stereocenters. The molecule has 2 rings (SSSR count). The third-order valence-corrected chi connectivity index (χ3v) is 4.43. The highest BCUT2D eigenvalue weighted by atomic mass is 79.9. The molecule has 0 spiro atoms. The molecule has 0 heterocycles. The Hall–Kier alpha value is -0.390. The summed E-state index contributed by atoms with van der Waals surface area (Å²) in [6.07, 6.45) is 3.79. The number of aliphatic hydroxyl groups excluding tert-OH is 1. The van der Waals surface area contributed by atoms with Crippen LogP contribution in [0.2, 0.25) is 0 Å². The maximum absolute atomic E-state index is 12.1. The highest BCUT2D eigenvalue weighted by Gasteiger charge is 2.23. The SMILES string of the molecule is O=C(NCC1CCCCC1O)c1cc(Br)cc(Br)c1. The third-order valence-electron chi connectivity index (χ3n) is 3.52. The Morgan fingerprint density at radius 3 is 2.47 bits per heavy atom. The van der Waals surface area contributed by atoms with Crippen LogP contribution in [-0.4, -0.2) is 23.7 Å². The van der Waals surface area contributed by atoms with Gasteiger partial charge in [0.25, 0.3) is 5.91 Å². The van der Waals surface area contributed by atoms with E-state index in [4.69, 9.17) is 0 Å². The molecule has 0 bridgehead atoms. The summed E-state index contributed by atoms with van der Waals surface area (Å²) in [7, 11) is 0. The van der Waals surface area contributed by atoms with Gasteiger partial charge in [-0.25, -0.2) is 0 Å². The summed E-state index contributed by atoms with van der Waals surface area (Å²) in [5.74, 6) is 0.0908. The summed E-state index contributed by atoms with van der Waals surface area (Å²) in [5, 5.41) is 12.8. The van der Waals surface area contributed by atoms with Gasteiger partial charge >= 0.3 is 0 Å². The molecule has 2 atom stereocenters. The lowest BCUT2D eigenvalue weighted by Crippen LogP contribution is -2.36. The first-order valence-electron chi connectivity index (χ1n) is 6.48. The van der Waals surface area contributed by atoms with E-state index >= 15 is 0 Å². The van der Waals surface area contributed by atoms with Gasteiger partial charge < -0.3 is 10.4 Å². The van der Waals surface area contributed by atoms with E-state index in [9.17, 15) is 9.90 Å². The molecule has 5 heteroatoms. The zero-order chi connectivity index (χ0) is 13.8. The highest BCUT2D eigenvalue weighted by Crippen LogP contribution is 2.24. The second kappa shape index (κ2) is 6.86. The monoisotopic (exact) mass is 389 g/mol. The van der Waals surface area contributed by atoms with Gasteiger partial charge in [-0.15, -0.1) is 0 Å². The van der Waals surface area contributed by atoms with Gasteiger partial charge in [0.1, 0.15) is 0 Å². The zero-order valence-corrected chi connectivity index (χ0v) is 13.7. The molecular weight excluding hydrogens is 374 g/mol. The minimum Gasteiger partial charge on any atom is -0.393 e. The second-order valence-electron chi connectivity index (χ2n) is 4.98. The van der Waals surface area contributed by atoms with E-state index in [1.54, 1.807) is 12.1 Å². The van der Waals surface area contributed by atoms with Crippen molar-refractivity contribution in [2.45, 2.75) is 31.8 Å². The van der Waals surface area contributed by atoms with E-state index in [0.717, 1.165) is 34.6 Å². The van der Waals surface area contributed by atoms with Crippen LogP contribution in [0.5, 0.6) is 0 Å². The highest BCUT2D eigenvalue weighted by molar-refractivity contribution is 9.11. The van der Waals surface area contributed by atoms with E-state index in [-0.39, 0.29) is 17.9 Å². The molecule has 104 valence electrons. The van der Waals surface area contributed by atoms with Crippen molar-refractivity contribution in [2.75, 3.05) is 6.54 Å². The van der Waals surface area contributed by atoms with E-state index in [1.165, 1.54) is 0 Å². The topological polar surface area (TPSA) is 49.3 Å². The minimum atomic E-state index is -0.275. The molecule has 19 heavy (non-hydrogen) atoms. The van der Waals surface area contributed by atoms with Crippen LogP contribution in [0.3, 0.4) is 0 Å². The molecule has 1 saturated carbocycles. The van der Waals surface area contributed by atoms with Crippen molar-refractivity contribution in [3.63, 3.8) is 0 Å². The standard InChI is InChI=1S/C14H17Br2NO2/c15-11-5-10(6-12(16)7-11)14(19)17-8-9-3-1-2-4-13(9)18/h5-7,9,13,18H,1-4,8H2,(H,17,19). The number of nitrogens with one attached hydrogen (secondary N) is 1. The fraction of sp³-hybridized carbons (Fsp3) is 0.500. The quantitative estimate of drug-likeness (QED) is 0.829. The summed E-state index contributed by atoms with van der Waals surface area (Å²) in [6.45, 7) is 0.546. The first-order chi connectivity index (χ1) is 9.06. The Balaban J connectivity index is 1.93. The van der Waals surface area contributed by atoms with Gasteiger partial charge in [0, 0.05) is 27.0 Å². The van der Waals surface area contributed by atoms with Crippen molar-refractivity contribution < 1.29 is 9.90 Å². The van der Waals surface area contributed by atoms with Crippen molar-refractivity contribution in [3.05, 3.63) is 32.7 Å². The van der Waals surface area contributed by atoms with Gasteiger partial charge in [0.05, 0.1) is 6.10 Å². The number of hydrogen-bond acceptors (Lipinski definition) is 2. The molecule has 1 aromatic carbocycles. The van der Waals surface area contributed by atoms with Crippen LogP contribution >= 0.6 is 31.9 Å². The lowest BCUT2D eigenvalue weighted by atomic mass is 9.86. The van der Waals surface area contributed by atoms with Gasteiger partial charge in [-0.05, 0) is 31.0 Å². The van der Waals surface area contributed by atoms with E-state index in [1.807, 2.05) is 6.07 Å². The van der Waals surface area contributed by atoms with E-state index in [2.05, 4.69) is 37.2 Å². The Labute approximate surface area is 130 Å². The predicted molar refractivity (Wildman–Crippen MR) is 82.1 cm³/mol. The molecule has 0 radical (unpaired) electrons. The van der Waals surface area contributed by atoms with Crippen molar-refractivity contribution in [2.24, 2.45) is 5.92 Å². The average Bonchev–Trinajstić information content (AvgIpc) is 2.36. The summed E-state index contributed by atoms with van der Waals surface area (Å²) in [5.41, 5.74) is 0.617. The van der Waals surface area contributed by atoms with Crippen molar-refractivity contribution in [1.29, 1.82) is 0 Å². The van der Waals surface area contributed by atoms with Crippen LogP contribution in [0.15, 0.2) is 27.1 Å². The minimum absolute atomic E-state index is 0.0974. The number of carbonyl (C=O) groups excluding carboxylic acids is 1. The average molecular weight is 391 g/mol. The Bertz CT molecular complexity index is 445. The number of halogens is 2. The molecule has 0 aromatic heterocycles. The maximum Gasteiger partial charge on any atom is 0.251 e. The lowest BCUT2D eigenvalue weighted by Gasteiger charge is -2.27. The molecule has 1 fully saturated rings. The van der Waals surface area contributed by atoms with Crippen molar-refractivity contribution in [1.82, 2.24) is 5.32 Å². The van der Waals surface area contributed by atoms with E-state index < -0.39 is 0 Å². The smallest absolute Gasteiger partial charge is 0.251 e. The molecule has 1 aliphatic rings. The normalized spacial score (nSPS) is 23.1. The Morgan fingerprint density at radius 1 is 1.21 bits per heavy atom. The third kappa shape index (κ3) is 4.29. The summed E-state index contributed by atoms with van der Waals surface area (Å²) in [6, 6.07) is 5.47. The van der Waals surface area contributed by atoms with Crippen LogP contribution in [0.4, 0.5) is 0 Å². The number of benzene rings is 1. The van der Waals surface area contributed by atoms with Crippen LogP contribution in [-0.2, 0) is 0 Å². The van der Waals surface area contributed by atoms with Gasteiger partial charge in [0.15, 0.2) is 0 Å². The number of carbonyl (C=O) groups is 1. The Morgan fingerprint density at radius 2 is 1.84 bits per heavy atom. The molecule has 1 amide bonds. The van der Waals surface area contributed by atoms with E-state index in [0.29, 0.717) is 12.1 Å². The lowest BCUT2D eigenvalue weighted by molar-refractivity contribution is 0.0663. The summed E-state index contributed by atoms with van der Waals surface area (Å²) >= 11 is 6.74. The molecule has 0 aliphatic heterocycles. The van der Waals surface area contributed by atoms with Crippen LogP contribution in [0.1, 0.15) is 36.0 Å². The Kier molecular flexibility index (Phi) is 5.42. The van der Waals surface area contributed by atoms with Gasteiger partial charge in [-0.3, -0.25) is 4.79 Å². The molecule has 1 aromatic rings. The first-order valence-corrected chi connectivity index (χ1v) is 8.07. The summed E-state index contributed by atoms with van der Waals surface area (Å²) < 4.78 is 1.73. The summed E-state index contributed by atoms with van der Waals surface area (Å²) in [4.78, 5) is 12.1. The largest absolute Gasteiger partial charge is 0.393 e. The van der Waals surface area contributed by atoms with Crippen LogP contribution in [0.25, 0.3) is 0 Å². The molecule has 3 nitrogen and oxygen atoms in total. The molecule has 2 N–H and O–H groups in total. The van der Waals surface area contributed by atoms with Crippen molar-refractivity contribution in [3.8, 4) is 0 Å². The first kappa shape index (κ1) is 15.0. The zero-order valence-electron chi connectivity index (χ0n) is 10.5. The number of aliphatic hydroxyl groups is 1. The molecular formula is C14H17Br2NO2. The van der Waals surface area contributed by atoms with Gasteiger partial charge in [-0.2, -0.15) is 0 Å². The maximum atomic E-state index is 12.1. The fourth-order valence-electron chi connectivity index (χ4n) is 2.44. The van der Waals surface area contributed by atoms with Crippen molar-refractivity contribution >= 4 is 37.8 Å². The molecule has 0 saturated heterocycles. The number of hydrogen-bond donors (Lipinski definition) is 2. The number of rotatable bonds is 3. The van der Waals surface area contributed by atoms with Gasteiger partial charge in [-0.1, -0.05) is 44.7 Å². The predicted octanol–water partition coefficient (Wildman–Crippen LogP) is 3.49. The van der Waals surface area contributed by atoms with Crippen LogP contribution < -0.4 is 5.32 Å². The van der Waals surface area contributed by atoms with Crippen LogP contribution in [0, 0.1) is 5.92 Å². The van der Waals surface area contributed by atoms with Gasteiger partial charge in [0.2, 0.25) is 0 Å². The second-order valence-corrected chi connectivity index (χ2v) is 6.81. The molecule has 1 aliphatic carbocycles. The fourth-order valence-corrected chi connectivity index (χ4v) is 3.73. The number of amides is 1.